The van der Waals surface area contributed by atoms with Gasteiger partial charge in [0.05, 0.1) is 22.7 Å². The first-order valence-electron chi connectivity index (χ1n) is 8.62. The van der Waals surface area contributed by atoms with E-state index in [0.717, 1.165) is 23.1 Å². The van der Waals surface area contributed by atoms with E-state index in [0.29, 0.717) is 30.4 Å². The van der Waals surface area contributed by atoms with Crippen LogP contribution in [0.15, 0.2) is 18.2 Å². The van der Waals surface area contributed by atoms with Gasteiger partial charge < -0.3 is 15.0 Å². The summed E-state index contributed by atoms with van der Waals surface area (Å²) in [6.45, 7) is 4.57. The van der Waals surface area contributed by atoms with Gasteiger partial charge in [-0.15, -0.1) is 0 Å². The number of nitrogens with one attached hydrogen (secondary N) is 1. The van der Waals surface area contributed by atoms with Crippen LogP contribution >= 0.6 is 11.3 Å². The second kappa shape index (κ2) is 7.82. The van der Waals surface area contributed by atoms with Crippen molar-refractivity contribution in [1.82, 2.24) is 9.88 Å². The summed E-state index contributed by atoms with van der Waals surface area (Å²) >= 11 is 1.33. The summed E-state index contributed by atoms with van der Waals surface area (Å²) in [5.74, 6) is -0.775. The number of carbonyl (C=O) groups is 3. The second-order valence-electron chi connectivity index (χ2n) is 6.23. The molecule has 2 heterocycles. The number of amides is 2. The number of hydrogen-bond acceptors (Lipinski definition) is 6. The van der Waals surface area contributed by atoms with Crippen molar-refractivity contribution in [1.29, 1.82) is 0 Å². The van der Waals surface area contributed by atoms with Gasteiger partial charge in [-0.25, -0.2) is 4.98 Å². The summed E-state index contributed by atoms with van der Waals surface area (Å²) in [4.78, 5) is 42.0. The molecule has 0 aliphatic carbocycles. The fourth-order valence-corrected chi connectivity index (χ4v) is 4.01. The molecule has 0 radical (unpaired) electrons. The highest BCUT2D eigenvalue weighted by atomic mass is 32.1. The van der Waals surface area contributed by atoms with Crippen LogP contribution in [0, 0.1) is 5.92 Å². The van der Waals surface area contributed by atoms with Crippen molar-refractivity contribution in [3.8, 4) is 0 Å². The number of aromatic nitrogens is 1. The maximum absolute atomic E-state index is 12.8. The van der Waals surface area contributed by atoms with Crippen molar-refractivity contribution in [3.05, 3.63) is 23.8 Å². The van der Waals surface area contributed by atoms with E-state index in [4.69, 9.17) is 4.74 Å². The molecule has 8 heteroatoms. The molecule has 138 valence electrons. The molecule has 2 amide bonds. The van der Waals surface area contributed by atoms with Crippen LogP contribution in [0.4, 0.5) is 5.13 Å². The highest BCUT2D eigenvalue weighted by Crippen LogP contribution is 2.28. The Bertz CT molecular complexity index is 848. The average Bonchev–Trinajstić information content (AvgIpc) is 3.01. The molecule has 3 rings (SSSR count). The Morgan fingerprint density at radius 1 is 1.38 bits per heavy atom. The van der Waals surface area contributed by atoms with Crippen LogP contribution in [-0.2, 0) is 14.3 Å². The van der Waals surface area contributed by atoms with Crippen LogP contribution in [0.5, 0.6) is 0 Å². The molecule has 2 aromatic rings. The molecule has 1 aromatic heterocycles. The maximum atomic E-state index is 12.8. The number of likely N-dealkylation sites (tertiary alicyclic amines) is 1. The minimum atomic E-state index is -0.258. The predicted octanol–water partition coefficient (Wildman–Crippen LogP) is 2.67. The first-order valence-corrected chi connectivity index (χ1v) is 9.43. The Balaban J connectivity index is 1.76. The average molecular weight is 375 g/mol. The first-order chi connectivity index (χ1) is 12.5. The summed E-state index contributed by atoms with van der Waals surface area (Å²) in [5.41, 5.74) is 1.29. The number of benzene rings is 1. The Labute approximate surface area is 155 Å². The number of piperidine rings is 1. The lowest BCUT2D eigenvalue weighted by atomic mass is 9.97. The van der Waals surface area contributed by atoms with Gasteiger partial charge in [0.2, 0.25) is 5.91 Å². The van der Waals surface area contributed by atoms with Gasteiger partial charge in [0.1, 0.15) is 0 Å². The zero-order valence-electron chi connectivity index (χ0n) is 14.8. The molecule has 0 bridgehead atoms. The van der Waals surface area contributed by atoms with Gasteiger partial charge in [0, 0.05) is 25.6 Å². The molecule has 0 spiro atoms. The predicted molar refractivity (Wildman–Crippen MR) is 99.2 cm³/mol. The third-order valence-electron chi connectivity index (χ3n) is 4.25. The van der Waals surface area contributed by atoms with Gasteiger partial charge >= 0.3 is 5.97 Å². The lowest BCUT2D eigenvalue weighted by Gasteiger charge is -2.31. The SMILES string of the molecule is CCOC(=O)[C@@H]1CCCN(C(=O)c2ccc3nc(NC(C)=O)sc3c2)C1. The molecule has 1 fully saturated rings. The number of hydrogen-bond donors (Lipinski definition) is 1. The summed E-state index contributed by atoms with van der Waals surface area (Å²) in [6.07, 6.45) is 1.53. The number of rotatable bonds is 4. The lowest BCUT2D eigenvalue weighted by Crippen LogP contribution is -2.42. The van der Waals surface area contributed by atoms with Gasteiger partial charge in [-0.2, -0.15) is 0 Å². The van der Waals surface area contributed by atoms with Crippen molar-refractivity contribution < 1.29 is 19.1 Å². The largest absolute Gasteiger partial charge is 0.466 e. The van der Waals surface area contributed by atoms with Crippen LogP contribution in [0.2, 0.25) is 0 Å². The van der Waals surface area contributed by atoms with Gasteiger partial charge in [0.15, 0.2) is 5.13 Å². The normalized spacial score (nSPS) is 17.2. The van der Waals surface area contributed by atoms with Gasteiger partial charge in [-0.1, -0.05) is 11.3 Å². The van der Waals surface area contributed by atoms with Crippen LogP contribution < -0.4 is 5.32 Å². The molecule has 26 heavy (non-hydrogen) atoms. The van der Waals surface area contributed by atoms with Crippen molar-refractivity contribution in [2.75, 3.05) is 25.0 Å². The minimum Gasteiger partial charge on any atom is -0.466 e. The van der Waals surface area contributed by atoms with Crippen molar-refractivity contribution in [2.45, 2.75) is 26.7 Å². The summed E-state index contributed by atoms with van der Waals surface area (Å²) in [6, 6.07) is 5.29. The maximum Gasteiger partial charge on any atom is 0.310 e. The smallest absolute Gasteiger partial charge is 0.310 e. The molecular weight excluding hydrogens is 354 g/mol. The summed E-state index contributed by atoms with van der Waals surface area (Å²) in [5, 5.41) is 3.17. The van der Waals surface area contributed by atoms with Crippen LogP contribution in [0.25, 0.3) is 10.2 Å². The molecule has 1 aliphatic heterocycles. The summed E-state index contributed by atoms with van der Waals surface area (Å²) < 4.78 is 5.92. The molecule has 0 saturated carbocycles. The highest BCUT2D eigenvalue weighted by Gasteiger charge is 2.29. The topological polar surface area (TPSA) is 88.6 Å². The number of anilines is 1. The van der Waals surface area contributed by atoms with E-state index in [1.807, 2.05) is 0 Å². The van der Waals surface area contributed by atoms with E-state index in [1.165, 1.54) is 18.3 Å². The lowest BCUT2D eigenvalue weighted by molar-refractivity contribution is -0.149. The third kappa shape index (κ3) is 4.01. The van der Waals surface area contributed by atoms with Crippen LogP contribution in [0.3, 0.4) is 0 Å². The fourth-order valence-electron chi connectivity index (χ4n) is 3.06. The molecular formula is C18H21N3O4S. The second-order valence-corrected chi connectivity index (χ2v) is 7.26. The van der Waals surface area contributed by atoms with Crippen LogP contribution in [-0.4, -0.2) is 47.4 Å². The van der Waals surface area contributed by atoms with Gasteiger partial charge in [0.25, 0.3) is 5.91 Å². The quantitative estimate of drug-likeness (QED) is 0.830. The van der Waals surface area contributed by atoms with Crippen molar-refractivity contribution in [2.24, 2.45) is 5.92 Å². The molecule has 1 saturated heterocycles. The molecule has 7 nitrogen and oxygen atoms in total. The van der Waals surface area contributed by atoms with E-state index >= 15 is 0 Å². The number of fused-ring (bicyclic) bond motifs is 1. The third-order valence-corrected chi connectivity index (χ3v) is 5.18. The van der Waals surface area contributed by atoms with E-state index in [2.05, 4.69) is 10.3 Å². The standard InChI is InChI=1S/C18H21N3O4S/c1-3-25-17(24)13-5-4-8-21(10-13)16(23)12-6-7-14-15(9-12)26-18(20-14)19-11(2)22/h6-7,9,13H,3-5,8,10H2,1-2H3,(H,19,20,22)/t13-/m1/s1. The molecule has 1 aromatic carbocycles. The van der Waals surface area contributed by atoms with E-state index in [9.17, 15) is 14.4 Å². The number of carbonyl (C=O) groups excluding carboxylic acids is 3. The molecule has 0 unspecified atom stereocenters. The highest BCUT2D eigenvalue weighted by molar-refractivity contribution is 7.22. The minimum absolute atomic E-state index is 0.102. The van der Waals surface area contributed by atoms with Gasteiger partial charge in [-0.3, -0.25) is 14.4 Å². The van der Waals surface area contributed by atoms with E-state index in [-0.39, 0.29) is 23.7 Å². The number of thiazole rings is 1. The zero-order valence-corrected chi connectivity index (χ0v) is 15.6. The Hall–Kier alpha value is -2.48. The van der Waals surface area contributed by atoms with Crippen molar-refractivity contribution >= 4 is 44.5 Å². The number of esters is 1. The number of nitrogens with zero attached hydrogens (tertiary/aromatic N) is 2. The summed E-state index contributed by atoms with van der Waals surface area (Å²) in [7, 11) is 0. The van der Waals surface area contributed by atoms with E-state index < -0.39 is 0 Å². The van der Waals surface area contributed by atoms with Crippen molar-refractivity contribution in [3.63, 3.8) is 0 Å². The van der Waals surface area contributed by atoms with Crippen LogP contribution in [0.1, 0.15) is 37.0 Å². The monoisotopic (exact) mass is 375 g/mol. The first kappa shape index (κ1) is 18.3. The molecule has 1 aliphatic rings. The molecule has 1 N–H and O–H groups in total. The number of ether oxygens (including phenoxy) is 1. The Morgan fingerprint density at radius 2 is 2.19 bits per heavy atom. The fraction of sp³-hybridized carbons (Fsp3) is 0.444. The Kier molecular flexibility index (Phi) is 5.51. The molecule has 1 atom stereocenters. The van der Waals surface area contributed by atoms with Gasteiger partial charge in [-0.05, 0) is 38.0 Å². The Morgan fingerprint density at radius 3 is 2.92 bits per heavy atom. The van der Waals surface area contributed by atoms with E-state index in [1.54, 1.807) is 30.0 Å². The zero-order chi connectivity index (χ0) is 18.7.